The van der Waals surface area contributed by atoms with E-state index < -0.39 is 0 Å². The molecule has 2 rings (SSSR count). The summed E-state index contributed by atoms with van der Waals surface area (Å²) in [5, 5.41) is 8.82. The molecule has 0 bridgehead atoms. The summed E-state index contributed by atoms with van der Waals surface area (Å²) in [6.07, 6.45) is 4.98. The fourth-order valence-corrected chi connectivity index (χ4v) is 3.53. The minimum atomic E-state index is -0.0651. The number of thiazole rings is 1. The van der Waals surface area contributed by atoms with Gasteiger partial charge in [0, 0.05) is 30.9 Å². The Kier molecular flexibility index (Phi) is 5.51. The SMILES string of the molecule is CNC1CCC(N(C)Cc2csc(NC(C)=O)n2)CC1. The molecule has 1 aromatic heterocycles. The van der Waals surface area contributed by atoms with Gasteiger partial charge in [-0.15, -0.1) is 11.3 Å². The van der Waals surface area contributed by atoms with Crippen LogP contribution in [0.15, 0.2) is 5.38 Å². The average molecular weight is 296 g/mol. The van der Waals surface area contributed by atoms with Gasteiger partial charge in [0.05, 0.1) is 5.69 Å². The van der Waals surface area contributed by atoms with Crippen molar-refractivity contribution in [1.82, 2.24) is 15.2 Å². The molecule has 1 aliphatic rings. The highest BCUT2D eigenvalue weighted by molar-refractivity contribution is 7.13. The number of hydrogen-bond acceptors (Lipinski definition) is 5. The van der Waals surface area contributed by atoms with E-state index in [-0.39, 0.29) is 5.91 Å². The molecule has 0 atom stereocenters. The Bertz CT molecular complexity index is 440. The first kappa shape index (κ1) is 15.4. The number of carbonyl (C=O) groups excluding carboxylic acids is 1. The van der Waals surface area contributed by atoms with E-state index >= 15 is 0 Å². The maximum atomic E-state index is 11.0. The second-order valence-corrected chi connectivity index (χ2v) is 6.39. The van der Waals surface area contributed by atoms with Gasteiger partial charge < -0.3 is 10.6 Å². The zero-order chi connectivity index (χ0) is 14.5. The highest BCUT2D eigenvalue weighted by Crippen LogP contribution is 2.24. The van der Waals surface area contributed by atoms with Gasteiger partial charge in [0.25, 0.3) is 0 Å². The first-order valence-corrected chi connectivity index (χ1v) is 8.06. The Morgan fingerprint density at radius 3 is 2.75 bits per heavy atom. The Morgan fingerprint density at radius 1 is 1.45 bits per heavy atom. The van der Waals surface area contributed by atoms with Crippen LogP contribution in [0.3, 0.4) is 0 Å². The van der Waals surface area contributed by atoms with E-state index in [2.05, 4.69) is 27.6 Å². The summed E-state index contributed by atoms with van der Waals surface area (Å²) in [5.41, 5.74) is 1.04. The molecule has 5 nitrogen and oxygen atoms in total. The third-order valence-electron chi connectivity index (χ3n) is 3.97. The molecule has 0 aromatic carbocycles. The van der Waals surface area contributed by atoms with Crippen molar-refractivity contribution in [2.45, 2.75) is 51.2 Å². The average Bonchev–Trinajstić information content (AvgIpc) is 2.85. The number of rotatable bonds is 5. The van der Waals surface area contributed by atoms with Gasteiger partial charge in [-0.1, -0.05) is 0 Å². The van der Waals surface area contributed by atoms with E-state index in [9.17, 15) is 4.79 Å². The van der Waals surface area contributed by atoms with Gasteiger partial charge in [0.2, 0.25) is 5.91 Å². The fourth-order valence-electron chi connectivity index (χ4n) is 2.78. The lowest BCUT2D eigenvalue weighted by molar-refractivity contribution is -0.114. The monoisotopic (exact) mass is 296 g/mol. The quantitative estimate of drug-likeness (QED) is 0.873. The van der Waals surface area contributed by atoms with Gasteiger partial charge >= 0.3 is 0 Å². The van der Waals surface area contributed by atoms with Crippen LogP contribution in [0.25, 0.3) is 0 Å². The normalized spacial score (nSPS) is 23.0. The van der Waals surface area contributed by atoms with E-state index in [1.807, 2.05) is 12.4 Å². The molecule has 0 radical (unpaired) electrons. The molecule has 0 saturated heterocycles. The lowest BCUT2D eigenvalue weighted by Crippen LogP contribution is -2.39. The molecule has 1 aliphatic carbocycles. The molecule has 1 amide bonds. The number of amides is 1. The fraction of sp³-hybridized carbons (Fsp3) is 0.714. The lowest BCUT2D eigenvalue weighted by Gasteiger charge is -2.34. The molecular weight excluding hydrogens is 272 g/mol. The zero-order valence-electron chi connectivity index (χ0n) is 12.5. The van der Waals surface area contributed by atoms with E-state index in [0.29, 0.717) is 17.2 Å². The van der Waals surface area contributed by atoms with Crippen LogP contribution in [-0.2, 0) is 11.3 Å². The van der Waals surface area contributed by atoms with Crippen molar-refractivity contribution in [3.05, 3.63) is 11.1 Å². The number of aromatic nitrogens is 1. The first-order chi connectivity index (χ1) is 9.58. The third kappa shape index (κ3) is 4.26. The zero-order valence-corrected chi connectivity index (χ0v) is 13.3. The van der Waals surface area contributed by atoms with Crippen molar-refractivity contribution in [3.8, 4) is 0 Å². The number of hydrogen-bond donors (Lipinski definition) is 2. The number of nitrogens with zero attached hydrogens (tertiary/aromatic N) is 2. The van der Waals surface area contributed by atoms with Crippen molar-refractivity contribution < 1.29 is 4.79 Å². The van der Waals surface area contributed by atoms with E-state index in [0.717, 1.165) is 12.2 Å². The van der Waals surface area contributed by atoms with Crippen LogP contribution in [0.4, 0.5) is 5.13 Å². The highest BCUT2D eigenvalue weighted by atomic mass is 32.1. The van der Waals surface area contributed by atoms with Crippen LogP contribution in [0.2, 0.25) is 0 Å². The molecule has 1 fully saturated rings. The molecular formula is C14H24N4OS. The van der Waals surface area contributed by atoms with Gasteiger partial charge in [-0.3, -0.25) is 9.69 Å². The summed E-state index contributed by atoms with van der Waals surface area (Å²) in [6, 6.07) is 1.33. The van der Waals surface area contributed by atoms with Gasteiger partial charge in [-0.2, -0.15) is 0 Å². The van der Waals surface area contributed by atoms with Gasteiger partial charge in [0.15, 0.2) is 5.13 Å². The summed E-state index contributed by atoms with van der Waals surface area (Å²) in [7, 11) is 4.22. The largest absolute Gasteiger partial charge is 0.317 e. The minimum absolute atomic E-state index is 0.0651. The summed E-state index contributed by atoms with van der Waals surface area (Å²) in [5.74, 6) is -0.0651. The Labute approximate surface area is 124 Å². The van der Waals surface area contributed by atoms with E-state index in [4.69, 9.17) is 0 Å². The molecule has 1 saturated carbocycles. The minimum Gasteiger partial charge on any atom is -0.317 e. The first-order valence-electron chi connectivity index (χ1n) is 7.18. The predicted molar refractivity (Wildman–Crippen MR) is 83.0 cm³/mol. The smallest absolute Gasteiger partial charge is 0.223 e. The van der Waals surface area contributed by atoms with Crippen LogP contribution in [0.5, 0.6) is 0 Å². The van der Waals surface area contributed by atoms with Crippen LogP contribution < -0.4 is 10.6 Å². The van der Waals surface area contributed by atoms with Crippen molar-refractivity contribution >= 4 is 22.4 Å². The van der Waals surface area contributed by atoms with Crippen LogP contribution in [-0.4, -0.2) is 42.0 Å². The number of nitrogens with one attached hydrogen (secondary N) is 2. The third-order valence-corrected chi connectivity index (χ3v) is 4.78. The topological polar surface area (TPSA) is 57.3 Å². The maximum Gasteiger partial charge on any atom is 0.223 e. The van der Waals surface area contributed by atoms with Crippen LogP contribution >= 0.6 is 11.3 Å². The molecule has 20 heavy (non-hydrogen) atoms. The number of anilines is 1. The summed E-state index contributed by atoms with van der Waals surface area (Å²) in [6.45, 7) is 2.36. The van der Waals surface area contributed by atoms with Crippen LogP contribution in [0.1, 0.15) is 38.3 Å². The summed E-state index contributed by atoms with van der Waals surface area (Å²) < 4.78 is 0. The standard InChI is InChI=1S/C14H24N4OS/c1-10(19)16-14-17-12(9-20-14)8-18(3)13-6-4-11(15-2)5-7-13/h9,11,13,15H,4-8H2,1-3H3,(H,16,17,19). The summed E-state index contributed by atoms with van der Waals surface area (Å²) >= 11 is 1.49. The van der Waals surface area contributed by atoms with Crippen molar-refractivity contribution in [3.63, 3.8) is 0 Å². The molecule has 0 unspecified atom stereocenters. The Balaban J connectivity index is 1.83. The molecule has 2 N–H and O–H groups in total. The highest BCUT2D eigenvalue weighted by Gasteiger charge is 2.23. The van der Waals surface area contributed by atoms with E-state index in [1.54, 1.807) is 0 Å². The van der Waals surface area contributed by atoms with E-state index in [1.165, 1.54) is 43.9 Å². The van der Waals surface area contributed by atoms with Crippen molar-refractivity contribution in [2.75, 3.05) is 19.4 Å². The van der Waals surface area contributed by atoms with Crippen molar-refractivity contribution in [1.29, 1.82) is 0 Å². The molecule has 1 heterocycles. The summed E-state index contributed by atoms with van der Waals surface area (Å²) in [4.78, 5) is 17.8. The van der Waals surface area contributed by atoms with Crippen molar-refractivity contribution in [2.24, 2.45) is 0 Å². The van der Waals surface area contributed by atoms with Gasteiger partial charge in [-0.05, 0) is 39.8 Å². The molecule has 0 spiro atoms. The molecule has 6 heteroatoms. The molecule has 112 valence electrons. The van der Waals surface area contributed by atoms with Gasteiger partial charge in [-0.25, -0.2) is 4.98 Å². The number of carbonyl (C=O) groups is 1. The predicted octanol–water partition coefficient (Wildman–Crippen LogP) is 2.06. The molecule has 1 aromatic rings. The Morgan fingerprint density at radius 2 is 2.15 bits per heavy atom. The second kappa shape index (κ2) is 7.15. The maximum absolute atomic E-state index is 11.0. The molecule has 0 aliphatic heterocycles. The Hall–Kier alpha value is -0.980. The second-order valence-electron chi connectivity index (χ2n) is 5.53. The lowest BCUT2D eigenvalue weighted by atomic mass is 9.90. The van der Waals surface area contributed by atoms with Crippen LogP contribution in [0, 0.1) is 0 Å². The van der Waals surface area contributed by atoms with Gasteiger partial charge in [0.1, 0.15) is 0 Å².